The van der Waals surface area contributed by atoms with E-state index in [4.69, 9.17) is 4.74 Å². The fraction of sp³-hybridized carbons (Fsp3) is 0.455. The molecule has 0 aliphatic carbocycles. The van der Waals surface area contributed by atoms with Gasteiger partial charge in [0.1, 0.15) is 5.75 Å². The largest absolute Gasteiger partial charge is 0.497 e. The van der Waals surface area contributed by atoms with Gasteiger partial charge in [-0.3, -0.25) is 14.5 Å². The highest BCUT2D eigenvalue weighted by atomic mass is 16.5. The lowest BCUT2D eigenvalue weighted by Gasteiger charge is -2.36. The van der Waals surface area contributed by atoms with Gasteiger partial charge in [-0.05, 0) is 43.3 Å². The summed E-state index contributed by atoms with van der Waals surface area (Å²) in [6.45, 7) is 6.12. The maximum atomic E-state index is 12.0. The molecule has 0 radical (unpaired) electrons. The number of anilines is 1. The van der Waals surface area contributed by atoms with E-state index in [0.717, 1.165) is 44.9 Å². The van der Waals surface area contributed by atoms with Crippen molar-refractivity contribution >= 4 is 11.6 Å². The maximum absolute atomic E-state index is 12.0. The van der Waals surface area contributed by atoms with Crippen molar-refractivity contribution < 1.29 is 9.53 Å². The molecule has 2 heterocycles. The van der Waals surface area contributed by atoms with Crippen molar-refractivity contribution in [1.29, 1.82) is 0 Å². The highest BCUT2D eigenvalue weighted by Crippen LogP contribution is 2.20. The molecular weight excluding hydrogens is 368 g/mol. The number of nitrogens with one attached hydrogen (secondary N) is 1. The first-order valence-corrected chi connectivity index (χ1v) is 10.2. The molecule has 1 N–H and O–H groups in total. The van der Waals surface area contributed by atoms with Crippen LogP contribution in [0.5, 0.6) is 5.75 Å². The molecule has 1 amide bonds. The van der Waals surface area contributed by atoms with E-state index in [1.807, 2.05) is 12.1 Å². The Bertz CT molecular complexity index is 826. The van der Waals surface area contributed by atoms with Crippen LogP contribution in [0, 0.1) is 0 Å². The van der Waals surface area contributed by atoms with Crippen LogP contribution < -0.4 is 20.5 Å². The summed E-state index contributed by atoms with van der Waals surface area (Å²) >= 11 is 0. The summed E-state index contributed by atoms with van der Waals surface area (Å²) in [5.41, 5.74) is 1.16. The van der Waals surface area contributed by atoms with Gasteiger partial charge in [0.05, 0.1) is 7.11 Å². The molecule has 0 bridgehead atoms. The number of amides is 1. The van der Waals surface area contributed by atoms with E-state index in [9.17, 15) is 9.59 Å². The molecular formula is C22H30N4O3. The standard InChI is InChI=1S/C22H30N4O3/c1-29-20-8-6-19(7-9-20)25-17-15-24(16-18-25)12-4-11-23-21(27)10-14-26-13-3-2-5-22(26)28/h2-3,5-9,13H,4,10-12,14-18H2,1H3,(H,23,27). The van der Waals surface area contributed by atoms with Crippen LogP contribution in [0.4, 0.5) is 5.69 Å². The number of piperazine rings is 1. The van der Waals surface area contributed by atoms with E-state index in [-0.39, 0.29) is 11.5 Å². The summed E-state index contributed by atoms with van der Waals surface area (Å²) in [6.07, 6.45) is 2.96. The van der Waals surface area contributed by atoms with Gasteiger partial charge in [-0.15, -0.1) is 0 Å². The van der Waals surface area contributed by atoms with Crippen LogP contribution in [0.2, 0.25) is 0 Å². The summed E-state index contributed by atoms with van der Waals surface area (Å²) in [5, 5.41) is 2.95. The van der Waals surface area contributed by atoms with Crippen molar-refractivity contribution in [2.24, 2.45) is 0 Å². The summed E-state index contributed by atoms with van der Waals surface area (Å²) in [6, 6.07) is 13.2. The first-order chi connectivity index (χ1) is 14.2. The second kappa shape index (κ2) is 10.7. The Morgan fingerprint density at radius 1 is 1.03 bits per heavy atom. The molecule has 3 rings (SSSR count). The molecule has 1 aliphatic rings. The van der Waals surface area contributed by atoms with Crippen LogP contribution >= 0.6 is 0 Å². The zero-order chi connectivity index (χ0) is 20.5. The molecule has 1 saturated heterocycles. The fourth-order valence-corrected chi connectivity index (χ4v) is 3.51. The second-order valence-corrected chi connectivity index (χ2v) is 7.21. The fourth-order valence-electron chi connectivity index (χ4n) is 3.51. The number of carbonyl (C=O) groups excluding carboxylic acids is 1. The number of methoxy groups -OCH3 is 1. The van der Waals surface area contributed by atoms with E-state index in [0.29, 0.717) is 19.5 Å². The summed E-state index contributed by atoms with van der Waals surface area (Å²) in [4.78, 5) is 28.4. The van der Waals surface area contributed by atoms with Crippen molar-refractivity contribution in [2.45, 2.75) is 19.4 Å². The topological polar surface area (TPSA) is 66.8 Å². The Hall–Kier alpha value is -2.80. The quantitative estimate of drug-likeness (QED) is 0.650. The monoisotopic (exact) mass is 398 g/mol. The van der Waals surface area contributed by atoms with Crippen LogP contribution in [0.25, 0.3) is 0 Å². The number of pyridine rings is 1. The lowest BCUT2D eigenvalue weighted by Crippen LogP contribution is -2.47. The lowest BCUT2D eigenvalue weighted by atomic mass is 10.2. The normalized spacial score (nSPS) is 14.6. The number of ether oxygens (including phenoxy) is 1. The van der Waals surface area contributed by atoms with Crippen molar-refractivity contribution in [3.63, 3.8) is 0 Å². The SMILES string of the molecule is COc1ccc(N2CCN(CCCNC(=O)CCn3ccccc3=O)CC2)cc1. The number of carbonyl (C=O) groups is 1. The van der Waals surface area contributed by atoms with Gasteiger partial charge in [-0.25, -0.2) is 0 Å². The Balaban J connectivity index is 1.29. The van der Waals surface area contributed by atoms with Crippen LogP contribution in [-0.2, 0) is 11.3 Å². The Morgan fingerprint density at radius 2 is 1.79 bits per heavy atom. The molecule has 156 valence electrons. The van der Waals surface area contributed by atoms with Crippen LogP contribution in [-0.4, -0.2) is 61.8 Å². The summed E-state index contributed by atoms with van der Waals surface area (Å²) < 4.78 is 6.77. The molecule has 0 unspecified atom stereocenters. The van der Waals surface area contributed by atoms with Crippen LogP contribution in [0.3, 0.4) is 0 Å². The zero-order valence-corrected chi connectivity index (χ0v) is 17.0. The highest BCUT2D eigenvalue weighted by molar-refractivity contribution is 5.75. The van der Waals surface area contributed by atoms with Crippen molar-refractivity contribution in [1.82, 2.24) is 14.8 Å². The first kappa shape index (κ1) is 20.9. The molecule has 1 aromatic carbocycles. The predicted octanol–water partition coefficient (Wildman–Crippen LogP) is 1.58. The van der Waals surface area contributed by atoms with Gasteiger partial charge in [-0.1, -0.05) is 6.07 Å². The van der Waals surface area contributed by atoms with Gasteiger partial charge >= 0.3 is 0 Å². The minimum atomic E-state index is -0.0749. The Kier molecular flexibility index (Phi) is 7.69. The van der Waals surface area contributed by atoms with Gasteiger partial charge in [0.15, 0.2) is 0 Å². The molecule has 29 heavy (non-hydrogen) atoms. The molecule has 0 saturated carbocycles. The van der Waals surface area contributed by atoms with Crippen molar-refractivity contribution in [2.75, 3.05) is 51.3 Å². The van der Waals surface area contributed by atoms with Gasteiger partial charge < -0.3 is 19.5 Å². The third-order valence-corrected chi connectivity index (χ3v) is 5.26. The average molecular weight is 399 g/mol. The molecule has 7 heteroatoms. The number of rotatable bonds is 9. The van der Waals surface area contributed by atoms with E-state index in [1.54, 1.807) is 30.0 Å². The smallest absolute Gasteiger partial charge is 0.250 e. The number of aromatic nitrogens is 1. The van der Waals surface area contributed by atoms with Gasteiger partial charge in [0, 0.05) is 63.6 Å². The maximum Gasteiger partial charge on any atom is 0.250 e. The molecule has 2 aromatic rings. The van der Waals surface area contributed by atoms with E-state index in [2.05, 4.69) is 27.2 Å². The number of aryl methyl sites for hydroxylation is 1. The molecule has 0 atom stereocenters. The predicted molar refractivity (Wildman–Crippen MR) is 115 cm³/mol. The van der Waals surface area contributed by atoms with E-state index in [1.165, 1.54) is 11.8 Å². The number of nitrogens with zero attached hydrogens (tertiary/aromatic N) is 3. The summed E-state index contributed by atoms with van der Waals surface area (Å²) in [5.74, 6) is 0.871. The number of hydrogen-bond donors (Lipinski definition) is 1. The van der Waals surface area contributed by atoms with Gasteiger partial charge in [-0.2, -0.15) is 0 Å². The minimum absolute atomic E-state index is 0.00919. The van der Waals surface area contributed by atoms with Crippen LogP contribution in [0.15, 0.2) is 53.5 Å². The Morgan fingerprint density at radius 3 is 2.48 bits per heavy atom. The average Bonchev–Trinajstić information content (AvgIpc) is 2.77. The third-order valence-electron chi connectivity index (χ3n) is 5.26. The lowest BCUT2D eigenvalue weighted by molar-refractivity contribution is -0.121. The Labute approximate surface area is 171 Å². The highest BCUT2D eigenvalue weighted by Gasteiger charge is 2.16. The molecule has 0 spiro atoms. The van der Waals surface area contributed by atoms with Crippen molar-refractivity contribution in [3.8, 4) is 5.75 Å². The number of benzene rings is 1. The van der Waals surface area contributed by atoms with Gasteiger partial charge in [0.25, 0.3) is 5.56 Å². The van der Waals surface area contributed by atoms with Gasteiger partial charge in [0.2, 0.25) is 5.91 Å². The molecule has 1 fully saturated rings. The number of hydrogen-bond acceptors (Lipinski definition) is 5. The van der Waals surface area contributed by atoms with Crippen LogP contribution in [0.1, 0.15) is 12.8 Å². The third kappa shape index (κ3) is 6.35. The molecule has 7 nitrogen and oxygen atoms in total. The molecule has 1 aromatic heterocycles. The second-order valence-electron chi connectivity index (χ2n) is 7.21. The minimum Gasteiger partial charge on any atom is -0.497 e. The first-order valence-electron chi connectivity index (χ1n) is 10.2. The molecule has 1 aliphatic heterocycles. The zero-order valence-electron chi connectivity index (χ0n) is 17.0. The van der Waals surface area contributed by atoms with Crippen molar-refractivity contribution in [3.05, 3.63) is 59.0 Å². The summed E-state index contributed by atoms with van der Waals surface area (Å²) in [7, 11) is 1.68. The van der Waals surface area contributed by atoms with E-state index < -0.39 is 0 Å². The van der Waals surface area contributed by atoms with E-state index >= 15 is 0 Å².